The van der Waals surface area contributed by atoms with E-state index in [1.807, 2.05) is 44.2 Å². The summed E-state index contributed by atoms with van der Waals surface area (Å²) in [5.74, 6) is -0.430. The van der Waals surface area contributed by atoms with Gasteiger partial charge in [0.2, 0.25) is 11.8 Å². The zero-order chi connectivity index (χ0) is 32.6. The molecule has 4 aromatic rings. The Bertz CT molecular complexity index is 1720. The Morgan fingerprint density at radius 1 is 0.867 bits per heavy atom. The van der Waals surface area contributed by atoms with Gasteiger partial charge in [-0.1, -0.05) is 77.3 Å². The fraction of sp³-hybridized carbons (Fsp3) is 0.235. The number of carbonyl (C=O) groups is 2. The molecule has 0 fully saturated rings. The van der Waals surface area contributed by atoms with Crippen molar-refractivity contribution in [3.63, 3.8) is 0 Å². The molecule has 2 amide bonds. The molecule has 0 unspecified atom stereocenters. The van der Waals surface area contributed by atoms with Crippen LogP contribution in [0.25, 0.3) is 0 Å². The molecular weight excluding hydrogens is 633 g/mol. The van der Waals surface area contributed by atoms with Crippen molar-refractivity contribution in [2.75, 3.05) is 24.5 Å². The summed E-state index contributed by atoms with van der Waals surface area (Å²) < 4.78 is 34.8. The van der Waals surface area contributed by atoms with Crippen LogP contribution >= 0.6 is 23.2 Å². The van der Waals surface area contributed by atoms with Gasteiger partial charge in [0, 0.05) is 20.0 Å². The topological polar surface area (TPSA) is 96.0 Å². The maximum atomic E-state index is 14.4. The molecule has 1 N–H and O–H groups in total. The van der Waals surface area contributed by atoms with Gasteiger partial charge in [0.15, 0.2) is 0 Å². The van der Waals surface area contributed by atoms with Gasteiger partial charge >= 0.3 is 0 Å². The van der Waals surface area contributed by atoms with E-state index in [1.165, 1.54) is 24.1 Å². The normalized spacial score (nSPS) is 11.8. The third-order valence-electron chi connectivity index (χ3n) is 7.18. The maximum Gasteiger partial charge on any atom is 0.264 e. The summed E-state index contributed by atoms with van der Waals surface area (Å²) in [7, 11) is -2.72. The second-order valence-corrected chi connectivity index (χ2v) is 13.0. The van der Waals surface area contributed by atoms with Crippen molar-refractivity contribution in [3.05, 3.63) is 124 Å². The first-order valence-electron chi connectivity index (χ1n) is 14.3. The van der Waals surface area contributed by atoms with Crippen molar-refractivity contribution >= 4 is 50.7 Å². The van der Waals surface area contributed by atoms with Gasteiger partial charge in [-0.3, -0.25) is 13.9 Å². The van der Waals surface area contributed by atoms with E-state index < -0.39 is 34.4 Å². The Morgan fingerprint density at radius 3 is 2.13 bits per heavy atom. The van der Waals surface area contributed by atoms with Gasteiger partial charge in [-0.15, -0.1) is 0 Å². The lowest BCUT2D eigenvalue weighted by molar-refractivity contribution is -0.139. The summed E-state index contributed by atoms with van der Waals surface area (Å²) >= 11 is 12.5. The molecule has 0 aromatic heterocycles. The predicted molar refractivity (Wildman–Crippen MR) is 178 cm³/mol. The fourth-order valence-electron chi connectivity index (χ4n) is 4.80. The van der Waals surface area contributed by atoms with E-state index >= 15 is 0 Å². The van der Waals surface area contributed by atoms with E-state index in [1.54, 1.807) is 54.6 Å². The number of halogens is 2. The lowest BCUT2D eigenvalue weighted by atomic mass is 10.0. The van der Waals surface area contributed by atoms with E-state index in [0.29, 0.717) is 28.0 Å². The van der Waals surface area contributed by atoms with Gasteiger partial charge in [0.05, 0.1) is 27.2 Å². The number of hydrogen-bond donors (Lipinski definition) is 1. The molecule has 0 saturated heterocycles. The number of anilines is 1. The molecule has 4 aromatic carbocycles. The number of benzene rings is 4. The molecule has 1 atom stereocenters. The number of carbonyl (C=O) groups excluding carboxylic acids is 2. The first kappa shape index (κ1) is 33.8. The van der Waals surface area contributed by atoms with Crippen LogP contribution in [0.1, 0.15) is 23.6 Å². The molecule has 0 aliphatic heterocycles. The molecule has 0 aliphatic rings. The van der Waals surface area contributed by atoms with Crippen LogP contribution in [0.15, 0.2) is 102 Å². The molecule has 0 aliphatic carbocycles. The summed E-state index contributed by atoms with van der Waals surface area (Å²) in [5.41, 5.74) is 2.60. The van der Waals surface area contributed by atoms with E-state index in [4.69, 9.17) is 27.9 Å². The fourth-order valence-corrected chi connectivity index (χ4v) is 6.53. The molecule has 8 nitrogen and oxygen atoms in total. The van der Waals surface area contributed by atoms with Crippen molar-refractivity contribution in [1.82, 2.24) is 10.2 Å². The Labute approximate surface area is 274 Å². The average molecular weight is 669 g/mol. The number of sulfonamides is 1. The molecule has 0 spiro atoms. The highest BCUT2D eigenvalue weighted by molar-refractivity contribution is 7.92. The highest BCUT2D eigenvalue weighted by Crippen LogP contribution is 2.28. The molecule has 11 heteroatoms. The summed E-state index contributed by atoms with van der Waals surface area (Å²) in [6, 6.07) is 26.2. The molecule has 4 rings (SSSR count). The summed E-state index contributed by atoms with van der Waals surface area (Å²) in [5, 5.41) is 3.30. The smallest absolute Gasteiger partial charge is 0.264 e. The number of ether oxygens (including phenoxy) is 1. The van der Waals surface area contributed by atoms with E-state index in [9.17, 15) is 18.0 Å². The third kappa shape index (κ3) is 8.57. The van der Waals surface area contributed by atoms with Crippen LogP contribution in [0.3, 0.4) is 0 Å². The Kier molecular flexibility index (Phi) is 11.5. The molecule has 0 saturated carbocycles. The van der Waals surface area contributed by atoms with E-state index in [2.05, 4.69) is 5.32 Å². The quantitative estimate of drug-likeness (QED) is 0.181. The summed E-state index contributed by atoms with van der Waals surface area (Å²) in [4.78, 5) is 29.2. The van der Waals surface area contributed by atoms with Crippen molar-refractivity contribution in [1.29, 1.82) is 0 Å². The SMILES string of the molecule is CCOc1ccc(N(CC(=O)N(Cc2ccc(Cl)c(Cl)c2)[C@@H](Cc2ccccc2)C(=O)NC)S(=O)(=O)c2ccc(C)cc2)cc1. The van der Waals surface area contributed by atoms with Gasteiger partial charge in [-0.05, 0) is 73.5 Å². The molecule has 236 valence electrons. The second kappa shape index (κ2) is 15.3. The number of amides is 2. The monoisotopic (exact) mass is 667 g/mol. The molecule has 0 heterocycles. The lowest BCUT2D eigenvalue weighted by Gasteiger charge is -2.33. The van der Waals surface area contributed by atoms with Gasteiger partial charge in [0.25, 0.3) is 10.0 Å². The van der Waals surface area contributed by atoms with Gasteiger partial charge < -0.3 is 15.0 Å². The van der Waals surface area contributed by atoms with Gasteiger partial charge in [-0.25, -0.2) is 8.42 Å². The number of likely N-dealkylation sites (N-methyl/N-ethyl adjacent to an activating group) is 1. The predicted octanol–water partition coefficient (Wildman–Crippen LogP) is 6.28. The standard InChI is InChI=1S/C34H35Cl2N3O5S/c1-4-44-28-15-13-27(14-16-28)39(45(42,43)29-17-10-24(2)11-18-29)23-33(40)38(22-26-12-19-30(35)31(36)20-26)32(34(41)37-3)21-25-8-6-5-7-9-25/h5-20,32H,4,21-23H2,1-3H3,(H,37,41)/t32-/m0/s1. The van der Waals surface area contributed by atoms with Crippen molar-refractivity contribution < 1.29 is 22.7 Å². The van der Waals surface area contributed by atoms with E-state index in [0.717, 1.165) is 15.4 Å². The largest absolute Gasteiger partial charge is 0.494 e. The van der Waals surface area contributed by atoms with Crippen LogP contribution in [0.4, 0.5) is 5.69 Å². The van der Waals surface area contributed by atoms with E-state index in [-0.39, 0.29) is 23.5 Å². The first-order chi connectivity index (χ1) is 21.5. The molecule has 0 bridgehead atoms. The molecule has 0 radical (unpaired) electrons. The van der Waals surface area contributed by atoms with Crippen LogP contribution in [-0.4, -0.2) is 51.4 Å². The number of nitrogens with one attached hydrogen (secondary N) is 1. The average Bonchev–Trinajstić information content (AvgIpc) is 3.04. The van der Waals surface area contributed by atoms with Crippen LogP contribution in [-0.2, 0) is 32.6 Å². The van der Waals surface area contributed by atoms with Gasteiger partial charge in [0.1, 0.15) is 18.3 Å². The minimum atomic E-state index is -4.21. The lowest BCUT2D eigenvalue weighted by Crippen LogP contribution is -2.53. The minimum absolute atomic E-state index is 0.0255. The zero-order valence-corrected chi connectivity index (χ0v) is 27.6. The number of hydrogen-bond acceptors (Lipinski definition) is 5. The summed E-state index contributed by atoms with van der Waals surface area (Å²) in [6.45, 7) is 3.55. The second-order valence-electron chi connectivity index (χ2n) is 10.3. The van der Waals surface area contributed by atoms with Crippen LogP contribution in [0, 0.1) is 6.92 Å². The Balaban J connectivity index is 1.79. The van der Waals surface area contributed by atoms with Crippen LogP contribution in [0.2, 0.25) is 10.0 Å². The number of aryl methyl sites for hydroxylation is 1. The molecule has 45 heavy (non-hydrogen) atoms. The number of nitrogens with zero attached hydrogens (tertiary/aromatic N) is 2. The Hall–Kier alpha value is -4.05. The maximum absolute atomic E-state index is 14.4. The van der Waals surface area contributed by atoms with Gasteiger partial charge in [-0.2, -0.15) is 0 Å². The minimum Gasteiger partial charge on any atom is -0.494 e. The van der Waals surface area contributed by atoms with Crippen LogP contribution in [0.5, 0.6) is 5.75 Å². The zero-order valence-electron chi connectivity index (χ0n) is 25.2. The molecular formula is C34H35Cl2N3O5S. The van der Waals surface area contributed by atoms with Crippen molar-refractivity contribution in [2.24, 2.45) is 0 Å². The highest BCUT2D eigenvalue weighted by Gasteiger charge is 2.34. The van der Waals surface area contributed by atoms with Crippen LogP contribution < -0.4 is 14.4 Å². The number of rotatable bonds is 13. The highest BCUT2D eigenvalue weighted by atomic mass is 35.5. The Morgan fingerprint density at radius 2 is 1.53 bits per heavy atom. The van der Waals surface area contributed by atoms with Crippen molar-refractivity contribution in [2.45, 2.75) is 37.8 Å². The third-order valence-corrected chi connectivity index (χ3v) is 9.71. The summed E-state index contributed by atoms with van der Waals surface area (Å²) in [6.07, 6.45) is 0.196. The first-order valence-corrected chi connectivity index (χ1v) is 16.5. The van der Waals surface area contributed by atoms with Crippen molar-refractivity contribution in [3.8, 4) is 5.75 Å².